The van der Waals surface area contributed by atoms with Crippen LogP contribution in [0.4, 0.5) is 0 Å². The van der Waals surface area contributed by atoms with Crippen LogP contribution >= 0.6 is 0 Å². The van der Waals surface area contributed by atoms with Crippen LogP contribution < -0.4 is 0 Å². The van der Waals surface area contributed by atoms with Crippen molar-refractivity contribution in [3.63, 3.8) is 0 Å². The molecule has 0 saturated heterocycles. The molecule has 1 atom stereocenters. The third-order valence-electron chi connectivity index (χ3n) is 4.46. The molecule has 2 aliphatic rings. The topological polar surface area (TPSA) is 76.0 Å². The largest absolute Gasteiger partial charge is 0.478 e. The summed E-state index contributed by atoms with van der Waals surface area (Å²) in [5, 5.41) is 12.7. The fraction of sp³-hybridized carbons (Fsp3) is 0.812. The molecule has 118 valence electrons. The van der Waals surface area contributed by atoms with Gasteiger partial charge in [0.05, 0.1) is 0 Å². The van der Waals surface area contributed by atoms with Crippen LogP contribution in [0.1, 0.15) is 70.6 Å². The zero-order chi connectivity index (χ0) is 15.1. The highest BCUT2D eigenvalue weighted by Gasteiger charge is 2.40. The highest BCUT2D eigenvalue weighted by molar-refractivity contribution is 6.46. The smallest absolute Gasteiger partial charge is 0.356 e. The summed E-state index contributed by atoms with van der Waals surface area (Å²) in [5.41, 5.74) is 0.361. The van der Waals surface area contributed by atoms with Gasteiger partial charge in [-0.1, -0.05) is 62.9 Å². The van der Waals surface area contributed by atoms with Crippen molar-refractivity contribution in [1.29, 1.82) is 0 Å². The van der Waals surface area contributed by atoms with E-state index in [0.717, 1.165) is 25.7 Å². The zero-order valence-electron chi connectivity index (χ0n) is 12.6. The van der Waals surface area contributed by atoms with Gasteiger partial charge in [0.15, 0.2) is 0 Å². The summed E-state index contributed by atoms with van der Waals surface area (Å²) in [6.45, 7) is 0. The second-order valence-corrected chi connectivity index (χ2v) is 6.12. The molecule has 21 heavy (non-hydrogen) atoms. The number of Topliss-reactive ketones (excluding diaryl/α,β-unsaturated/α-hetero) is 1. The van der Waals surface area contributed by atoms with Gasteiger partial charge in [-0.25, -0.2) is 4.79 Å². The molecule has 1 saturated carbocycles. The Kier molecular flexibility index (Phi) is 6.21. The number of carbonyl (C=O) groups excluding carboxylic acids is 1. The van der Waals surface area contributed by atoms with E-state index in [1.54, 1.807) is 0 Å². The maximum atomic E-state index is 12.1. The molecule has 0 aromatic heterocycles. The molecule has 1 N–H and O–H groups in total. The van der Waals surface area contributed by atoms with Gasteiger partial charge in [0.25, 0.3) is 6.10 Å². The van der Waals surface area contributed by atoms with Crippen LogP contribution in [0.5, 0.6) is 0 Å². The highest BCUT2D eigenvalue weighted by Crippen LogP contribution is 2.25. The summed E-state index contributed by atoms with van der Waals surface area (Å²) in [6, 6.07) is 0. The molecule has 5 heteroatoms. The summed E-state index contributed by atoms with van der Waals surface area (Å²) in [5.74, 6) is -1.62. The maximum Gasteiger partial charge on any atom is 0.356 e. The van der Waals surface area contributed by atoms with E-state index < -0.39 is 17.9 Å². The molecule has 0 aromatic rings. The van der Waals surface area contributed by atoms with Crippen molar-refractivity contribution >= 4 is 17.5 Å². The van der Waals surface area contributed by atoms with Crippen LogP contribution in [-0.2, 0) is 14.4 Å². The number of hydrogen-bond acceptors (Lipinski definition) is 4. The first-order valence-electron chi connectivity index (χ1n) is 8.21. The van der Waals surface area contributed by atoms with E-state index in [-0.39, 0.29) is 5.92 Å². The van der Waals surface area contributed by atoms with Crippen molar-refractivity contribution in [2.75, 3.05) is 0 Å². The number of ketones is 1. The van der Waals surface area contributed by atoms with E-state index in [4.69, 9.17) is 9.94 Å². The first-order chi connectivity index (χ1) is 10.2. The number of hydrogen-bond donors (Lipinski definition) is 1. The monoisotopic (exact) mass is 295 g/mol. The Labute approximate surface area is 125 Å². The summed E-state index contributed by atoms with van der Waals surface area (Å²) in [6.07, 6.45) is 11.4. The lowest BCUT2D eigenvalue weighted by molar-refractivity contribution is -0.152. The average molecular weight is 295 g/mol. The van der Waals surface area contributed by atoms with Crippen molar-refractivity contribution in [2.24, 2.45) is 11.1 Å². The second kappa shape index (κ2) is 8.15. The van der Waals surface area contributed by atoms with Gasteiger partial charge in [-0.15, -0.1) is 0 Å². The van der Waals surface area contributed by atoms with E-state index in [0.29, 0.717) is 5.71 Å². The summed E-state index contributed by atoms with van der Waals surface area (Å²) in [7, 11) is 0. The normalized spacial score (nSPS) is 26.4. The molecule has 0 radical (unpaired) electrons. The molecule has 5 nitrogen and oxygen atoms in total. The van der Waals surface area contributed by atoms with Gasteiger partial charge in [0, 0.05) is 5.92 Å². The fourth-order valence-electron chi connectivity index (χ4n) is 3.21. The molecule has 2 rings (SSSR count). The number of carboxylic acids is 1. The van der Waals surface area contributed by atoms with Crippen LogP contribution in [0, 0.1) is 5.92 Å². The minimum absolute atomic E-state index is 0.0706. The standard InChI is InChI=1S/C16H25NO4/c18-14-13(17-21-15(14)16(19)20)12-10-8-6-4-2-1-3-5-7-9-11-12/h12,15H,1-11H2,(H,19,20). The van der Waals surface area contributed by atoms with Crippen LogP contribution in [-0.4, -0.2) is 28.7 Å². The van der Waals surface area contributed by atoms with E-state index in [1.165, 1.54) is 44.9 Å². The van der Waals surface area contributed by atoms with Crippen molar-refractivity contribution in [3.8, 4) is 0 Å². The molecule has 0 spiro atoms. The van der Waals surface area contributed by atoms with Gasteiger partial charge in [0.2, 0.25) is 5.78 Å². The Balaban J connectivity index is 1.94. The fourth-order valence-corrected chi connectivity index (χ4v) is 3.21. The Morgan fingerprint density at radius 1 is 0.952 bits per heavy atom. The summed E-state index contributed by atoms with van der Waals surface area (Å²) in [4.78, 5) is 27.8. The minimum atomic E-state index is -1.42. The van der Waals surface area contributed by atoms with Gasteiger partial charge in [0.1, 0.15) is 5.71 Å². The van der Waals surface area contributed by atoms with Crippen molar-refractivity contribution < 1.29 is 19.5 Å². The minimum Gasteiger partial charge on any atom is -0.478 e. The van der Waals surface area contributed by atoms with Crippen molar-refractivity contribution in [2.45, 2.75) is 76.7 Å². The number of carboxylic acid groups (broad SMARTS) is 1. The Bertz CT molecular complexity index is 393. The molecular formula is C16H25NO4. The zero-order valence-corrected chi connectivity index (χ0v) is 12.6. The predicted octanol–water partition coefficient (Wildman–Crippen LogP) is 3.32. The van der Waals surface area contributed by atoms with Gasteiger partial charge < -0.3 is 9.94 Å². The molecule has 1 heterocycles. The quantitative estimate of drug-likeness (QED) is 0.793. The van der Waals surface area contributed by atoms with Crippen LogP contribution in [0.2, 0.25) is 0 Å². The van der Waals surface area contributed by atoms with Crippen LogP contribution in [0.15, 0.2) is 5.16 Å². The molecule has 1 unspecified atom stereocenters. The molecule has 0 amide bonds. The molecule has 0 aromatic carbocycles. The third-order valence-corrected chi connectivity index (χ3v) is 4.46. The van der Waals surface area contributed by atoms with Crippen molar-refractivity contribution in [1.82, 2.24) is 0 Å². The van der Waals surface area contributed by atoms with Gasteiger partial charge >= 0.3 is 5.97 Å². The van der Waals surface area contributed by atoms with Gasteiger partial charge in [-0.05, 0) is 12.8 Å². The van der Waals surface area contributed by atoms with E-state index in [1.807, 2.05) is 0 Å². The van der Waals surface area contributed by atoms with Crippen molar-refractivity contribution in [3.05, 3.63) is 0 Å². The van der Waals surface area contributed by atoms with E-state index >= 15 is 0 Å². The first-order valence-corrected chi connectivity index (χ1v) is 8.21. The van der Waals surface area contributed by atoms with E-state index in [9.17, 15) is 9.59 Å². The van der Waals surface area contributed by atoms with Crippen LogP contribution in [0.3, 0.4) is 0 Å². The average Bonchev–Trinajstić information content (AvgIpc) is 2.81. The molecule has 1 fully saturated rings. The van der Waals surface area contributed by atoms with Crippen LogP contribution in [0.25, 0.3) is 0 Å². The van der Waals surface area contributed by atoms with E-state index in [2.05, 4.69) is 5.16 Å². The Hall–Kier alpha value is -1.39. The lowest BCUT2D eigenvalue weighted by Crippen LogP contribution is -2.34. The molecule has 1 aliphatic heterocycles. The molecular weight excluding hydrogens is 270 g/mol. The maximum absolute atomic E-state index is 12.1. The number of carbonyl (C=O) groups is 2. The number of oxime groups is 1. The molecule has 0 bridgehead atoms. The highest BCUT2D eigenvalue weighted by atomic mass is 16.7. The van der Waals surface area contributed by atoms with Gasteiger partial charge in [-0.3, -0.25) is 4.79 Å². The number of aliphatic carboxylic acids is 1. The Morgan fingerprint density at radius 2 is 1.43 bits per heavy atom. The third kappa shape index (κ3) is 4.55. The predicted molar refractivity (Wildman–Crippen MR) is 79.2 cm³/mol. The lowest BCUT2D eigenvalue weighted by atomic mass is 9.87. The Morgan fingerprint density at radius 3 is 1.86 bits per heavy atom. The first kappa shape index (κ1) is 16.0. The van der Waals surface area contributed by atoms with Gasteiger partial charge in [-0.2, -0.15) is 0 Å². The molecule has 1 aliphatic carbocycles. The number of rotatable bonds is 2. The number of nitrogens with zero attached hydrogens (tertiary/aromatic N) is 1. The second-order valence-electron chi connectivity index (χ2n) is 6.12. The SMILES string of the molecule is O=C(O)C1ON=C(C2CCCCCCCCCCC2)C1=O. The summed E-state index contributed by atoms with van der Waals surface area (Å²) < 4.78 is 0. The summed E-state index contributed by atoms with van der Waals surface area (Å²) >= 11 is 0. The lowest BCUT2D eigenvalue weighted by Gasteiger charge is -2.16.